The Labute approximate surface area is 129 Å². The Kier molecular flexibility index (Phi) is 7.87. The van der Waals surface area contributed by atoms with E-state index in [2.05, 4.69) is 0 Å². The molecular weight excluding hydrogens is 319 g/mol. The van der Waals surface area contributed by atoms with Crippen molar-refractivity contribution in [3.63, 3.8) is 0 Å². The molecule has 0 spiro atoms. The molecule has 6 unspecified atom stereocenters. The van der Waals surface area contributed by atoms with Crippen molar-refractivity contribution >= 4 is 7.60 Å². The van der Waals surface area contributed by atoms with E-state index in [1.165, 1.54) is 21.0 Å². The average Bonchev–Trinajstić information content (AvgIpc) is 2.46. The minimum atomic E-state index is -3.83. The van der Waals surface area contributed by atoms with Crippen molar-refractivity contribution in [2.45, 2.75) is 50.2 Å². The molecular formula is C12H25O9P. The van der Waals surface area contributed by atoms with E-state index in [1.54, 1.807) is 0 Å². The second kappa shape index (κ2) is 8.68. The predicted molar refractivity (Wildman–Crippen MR) is 75.4 cm³/mol. The van der Waals surface area contributed by atoms with Crippen molar-refractivity contribution in [1.29, 1.82) is 0 Å². The first-order valence-corrected chi connectivity index (χ1v) is 8.62. The van der Waals surface area contributed by atoms with Gasteiger partial charge in [-0.15, -0.1) is 0 Å². The number of hydrogen-bond acceptors (Lipinski definition) is 8. The van der Waals surface area contributed by atoms with Gasteiger partial charge in [-0.2, -0.15) is 0 Å². The SMILES string of the molecule is COCCOC1OC(COP(=O)(O)C(C)C)C(O)C(O)C1O. The topological polar surface area (TPSA) is 135 Å². The van der Waals surface area contributed by atoms with Crippen LogP contribution in [-0.4, -0.2) is 83.5 Å². The molecule has 0 saturated carbocycles. The molecule has 4 N–H and O–H groups in total. The van der Waals surface area contributed by atoms with Crippen LogP contribution in [0.2, 0.25) is 0 Å². The van der Waals surface area contributed by atoms with Gasteiger partial charge in [0.15, 0.2) is 6.29 Å². The van der Waals surface area contributed by atoms with Crippen LogP contribution in [-0.2, 0) is 23.3 Å². The number of rotatable bonds is 8. The van der Waals surface area contributed by atoms with Gasteiger partial charge in [-0.1, -0.05) is 13.8 Å². The fraction of sp³-hybridized carbons (Fsp3) is 1.00. The van der Waals surface area contributed by atoms with Gasteiger partial charge >= 0.3 is 7.60 Å². The van der Waals surface area contributed by atoms with E-state index in [4.69, 9.17) is 18.7 Å². The van der Waals surface area contributed by atoms with Gasteiger partial charge in [0, 0.05) is 7.11 Å². The molecule has 0 aromatic rings. The Bertz CT molecular complexity index is 378. The van der Waals surface area contributed by atoms with Crippen LogP contribution >= 0.6 is 7.60 Å². The summed E-state index contributed by atoms with van der Waals surface area (Å²) < 4.78 is 32.0. The zero-order chi connectivity index (χ0) is 16.9. The third-order valence-corrected chi connectivity index (χ3v) is 5.14. The van der Waals surface area contributed by atoms with Crippen LogP contribution < -0.4 is 0 Å². The van der Waals surface area contributed by atoms with Gasteiger partial charge in [-0.05, 0) is 0 Å². The van der Waals surface area contributed by atoms with Gasteiger partial charge in [0.1, 0.15) is 24.4 Å². The standard InChI is InChI=1S/C12H25O9P/c1-7(2)22(16,17)20-6-8-9(13)10(14)11(15)12(21-8)19-5-4-18-3/h7-15H,4-6H2,1-3H3,(H,16,17). The number of aliphatic hydroxyl groups is 3. The average molecular weight is 344 g/mol. The van der Waals surface area contributed by atoms with Gasteiger partial charge in [0.05, 0.1) is 25.5 Å². The smallest absolute Gasteiger partial charge is 0.330 e. The number of methoxy groups -OCH3 is 1. The normalized spacial score (nSPS) is 35.5. The first-order chi connectivity index (χ1) is 10.2. The van der Waals surface area contributed by atoms with Crippen molar-refractivity contribution in [2.75, 3.05) is 26.9 Å². The van der Waals surface area contributed by atoms with Crippen LogP contribution in [0, 0.1) is 0 Å². The van der Waals surface area contributed by atoms with Gasteiger partial charge in [-0.3, -0.25) is 4.57 Å². The van der Waals surface area contributed by atoms with E-state index in [0.717, 1.165) is 0 Å². The first kappa shape index (κ1) is 20.0. The third-order valence-electron chi connectivity index (χ3n) is 3.31. The van der Waals surface area contributed by atoms with Crippen molar-refractivity contribution in [3.05, 3.63) is 0 Å². The maximum atomic E-state index is 11.7. The zero-order valence-corrected chi connectivity index (χ0v) is 13.8. The highest BCUT2D eigenvalue weighted by molar-refractivity contribution is 7.53. The molecule has 1 aliphatic rings. The summed E-state index contributed by atoms with van der Waals surface area (Å²) in [5, 5.41) is 29.5. The van der Waals surface area contributed by atoms with E-state index in [-0.39, 0.29) is 13.2 Å². The molecule has 10 heteroatoms. The molecule has 1 aliphatic heterocycles. The van der Waals surface area contributed by atoms with Crippen LogP contribution in [0.5, 0.6) is 0 Å². The van der Waals surface area contributed by atoms with Crippen molar-refractivity contribution in [2.24, 2.45) is 0 Å². The van der Waals surface area contributed by atoms with Crippen LogP contribution in [0.25, 0.3) is 0 Å². The van der Waals surface area contributed by atoms with E-state index in [9.17, 15) is 24.8 Å². The van der Waals surface area contributed by atoms with E-state index >= 15 is 0 Å². The Morgan fingerprint density at radius 3 is 2.32 bits per heavy atom. The fourth-order valence-electron chi connectivity index (χ4n) is 1.77. The summed E-state index contributed by atoms with van der Waals surface area (Å²) in [6, 6.07) is 0. The monoisotopic (exact) mass is 344 g/mol. The van der Waals surface area contributed by atoms with Crippen molar-refractivity contribution in [3.8, 4) is 0 Å². The Balaban J connectivity index is 2.63. The Morgan fingerprint density at radius 1 is 1.14 bits per heavy atom. The highest BCUT2D eigenvalue weighted by Gasteiger charge is 2.45. The largest absolute Gasteiger partial charge is 0.387 e. The van der Waals surface area contributed by atoms with Crippen LogP contribution in [0.4, 0.5) is 0 Å². The van der Waals surface area contributed by atoms with Crippen molar-refractivity contribution < 1.29 is 43.5 Å². The Morgan fingerprint density at radius 2 is 1.77 bits per heavy atom. The summed E-state index contributed by atoms with van der Waals surface area (Å²) in [7, 11) is -2.36. The summed E-state index contributed by atoms with van der Waals surface area (Å²) in [6.07, 6.45) is -6.74. The van der Waals surface area contributed by atoms with Crippen LogP contribution in [0.15, 0.2) is 0 Å². The molecule has 1 rings (SSSR count). The summed E-state index contributed by atoms with van der Waals surface area (Å²) in [4.78, 5) is 9.60. The highest BCUT2D eigenvalue weighted by atomic mass is 31.2. The summed E-state index contributed by atoms with van der Waals surface area (Å²) in [6.45, 7) is 2.99. The highest BCUT2D eigenvalue weighted by Crippen LogP contribution is 2.47. The first-order valence-electron chi connectivity index (χ1n) is 6.98. The molecule has 0 aromatic carbocycles. The third kappa shape index (κ3) is 5.23. The fourth-order valence-corrected chi connectivity index (χ4v) is 2.43. The van der Waals surface area contributed by atoms with Gasteiger partial charge in [-0.25, -0.2) is 0 Å². The molecule has 1 heterocycles. The summed E-state index contributed by atoms with van der Waals surface area (Å²) in [5.41, 5.74) is -0.613. The zero-order valence-electron chi connectivity index (χ0n) is 12.9. The Hall–Kier alpha value is -0.0900. The second-order valence-corrected chi connectivity index (χ2v) is 7.75. The van der Waals surface area contributed by atoms with E-state index in [0.29, 0.717) is 0 Å². The van der Waals surface area contributed by atoms with E-state index < -0.39 is 50.6 Å². The molecule has 1 saturated heterocycles. The second-order valence-electron chi connectivity index (χ2n) is 5.33. The van der Waals surface area contributed by atoms with E-state index in [1.807, 2.05) is 0 Å². The number of hydrogen-bond donors (Lipinski definition) is 4. The van der Waals surface area contributed by atoms with Crippen molar-refractivity contribution in [1.82, 2.24) is 0 Å². The summed E-state index contributed by atoms with van der Waals surface area (Å²) >= 11 is 0. The van der Waals surface area contributed by atoms with Crippen LogP contribution in [0.3, 0.4) is 0 Å². The molecule has 22 heavy (non-hydrogen) atoms. The lowest BCUT2D eigenvalue weighted by molar-refractivity contribution is -0.301. The molecule has 0 amide bonds. The summed E-state index contributed by atoms with van der Waals surface area (Å²) in [5.74, 6) is 0. The lowest BCUT2D eigenvalue weighted by Gasteiger charge is -2.40. The minimum Gasteiger partial charge on any atom is -0.387 e. The molecule has 0 bridgehead atoms. The maximum absolute atomic E-state index is 11.7. The minimum absolute atomic E-state index is 0.110. The molecule has 0 radical (unpaired) electrons. The lowest BCUT2D eigenvalue weighted by atomic mass is 9.99. The van der Waals surface area contributed by atoms with Gasteiger partial charge in [0.25, 0.3) is 0 Å². The maximum Gasteiger partial charge on any atom is 0.330 e. The molecule has 0 aliphatic carbocycles. The quantitative estimate of drug-likeness (QED) is 0.325. The molecule has 0 aromatic heterocycles. The predicted octanol–water partition coefficient (Wildman–Crippen LogP) is -0.933. The van der Waals surface area contributed by atoms with Gasteiger partial charge < -0.3 is 38.9 Å². The van der Waals surface area contributed by atoms with Crippen LogP contribution in [0.1, 0.15) is 13.8 Å². The molecule has 9 nitrogen and oxygen atoms in total. The molecule has 6 atom stereocenters. The number of ether oxygens (including phenoxy) is 3. The number of aliphatic hydroxyl groups excluding tert-OH is 3. The van der Waals surface area contributed by atoms with Gasteiger partial charge in [0.2, 0.25) is 0 Å². The lowest BCUT2D eigenvalue weighted by Crippen LogP contribution is -2.59. The molecule has 132 valence electrons. The molecule has 1 fully saturated rings.